The molecule has 272 valence electrons. The molecule has 2 heterocycles. The fraction of sp³-hybridized carbons (Fsp3) is 0.805. The number of aliphatic hydroxyl groups is 1. The van der Waals surface area contributed by atoms with Crippen molar-refractivity contribution in [1.29, 1.82) is 0 Å². The van der Waals surface area contributed by atoms with E-state index in [1.54, 1.807) is 13.8 Å². The van der Waals surface area contributed by atoms with Gasteiger partial charge in [0.05, 0.1) is 24.4 Å². The van der Waals surface area contributed by atoms with Crippen molar-refractivity contribution in [3.63, 3.8) is 0 Å². The van der Waals surface area contributed by atoms with Gasteiger partial charge in [0.15, 0.2) is 18.2 Å². The van der Waals surface area contributed by atoms with E-state index in [4.69, 9.17) is 18.9 Å². The van der Waals surface area contributed by atoms with E-state index in [-0.39, 0.29) is 47.7 Å². The number of esters is 1. The Morgan fingerprint density at radius 2 is 1.80 bits per heavy atom. The van der Waals surface area contributed by atoms with Crippen LogP contribution >= 0.6 is 0 Å². The highest BCUT2D eigenvalue weighted by Crippen LogP contribution is 2.87. The normalized spacial score (nSPS) is 44.8. The minimum atomic E-state index is -1.26. The van der Waals surface area contributed by atoms with Crippen LogP contribution in [0, 0.1) is 45.3 Å². The van der Waals surface area contributed by atoms with Gasteiger partial charge >= 0.3 is 5.97 Å². The third-order valence-corrected chi connectivity index (χ3v) is 15.3. The molecule has 8 nitrogen and oxygen atoms in total. The van der Waals surface area contributed by atoms with Gasteiger partial charge in [-0.2, -0.15) is 0 Å². The van der Waals surface area contributed by atoms with Crippen molar-refractivity contribution in [3.05, 3.63) is 35.9 Å². The van der Waals surface area contributed by atoms with Crippen molar-refractivity contribution < 1.29 is 35.1 Å². The highest BCUT2D eigenvalue weighted by molar-refractivity contribution is 5.90. The molecule has 8 rings (SSSR count). The van der Waals surface area contributed by atoms with E-state index in [0.717, 1.165) is 51.7 Å². The highest BCUT2D eigenvalue weighted by Gasteiger charge is 2.82. The van der Waals surface area contributed by atoms with Crippen LogP contribution in [0.1, 0.15) is 106 Å². The number of morpholine rings is 1. The summed E-state index contributed by atoms with van der Waals surface area (Å²) in [6.07, 6.45) is 7.79. The summed E-state index contributed by atoms with van der Waals surface area (Å²) in [7, 11) is 0. The van der Waals surface area contributed by atoms with E-state index in [2.05, 4.69) is 56.0 Å². The Bertz CT molecular complexity index is 1450. The quantitative estimate of drug-likeness (QED) is 0.324. The highest BCUT2D eigenvalue weighted by atomic mass is 16.7. The fourth-order valence-electron chi connectivity index (χ4n) is 13.2. The van der Waals surface area contributed by atoms with Crippen LogP contribution in [0.4, 0.5) is 0 Å². The van der Waals surface area contributed by atoms with Gasteiger partial charge in [-0.3, -0.25) is 14.5 Å². The zero-order valence-electron chi connectivity index (χ0n) is 30.6. The Morgan fingerprint density at radius 1 is 1.04 bits per heavy atom. The van der Waals surface area contributed by atoms with E-state index in [0.29, 0.717) is 30.3 Å². The fourth-order valence-corrected chi connectivity index (χ4v) is 13.2. The molecule has 9 unspecified atom stereocenters. The lowest BCUT2D eigenvalue weighted by Crippen LogP contribution is -2.56. The Labute approximate surface area is 294 Å². The first-order chi connectivity index (χ1) is 23.2. The molecule has 0 amide bonds. The third kappa shape index (κ3) is 5.31. The molecule has 7 fully saturated rings. The van der Waals surface area contributed by atoms with E-state index in [9.17, 15) is 14.7 Å². The van der Waals surface area contributed by atoms with Gasteiger partial charge in [0.2, 0.25) is 0 Å². The Kier molecular flexibility index (Phi) is 8.28. The Balaban J connectivity index is 0.00000392. The van der Waals surface area contributed by atoms with Crippen molar-refractivity contribution in [2.45, 2.75) is 142 Å². The molecular formula is C41H61NO7. The monoisotopic (exact) mass is 679 g/mol. The molecule has 0 radical (unpaired) electrons. The number of ether oxygens (including phenoxy) is 4. The maximum atomic E-state index is 14.6. The van der Waals surface area contributed by atoms with Gasteiger partial charge in [-0.15, -0.1) is 0 Å². The minimum Gasteiger partial charge on any atom is -0.457 e. The number of ketones is 1. The van der Waals surface area contributed by atoms with Crippen LogP contribution in [0.2, 0.25) is 0 Å². The van der Waals surface area contributed by atoms with Crippen LogP contribution in [0.15, 0.2) is 30.3 Å². The third-order valence-electron chi connectivity index (χ3n) is 15.3. The van der Waals surface area contributed by atoms with Crippen LogP contribution < -0.4 is 0 Å². The summed E-state index contributed by atoms with van der Waals surface area (Å²) in [5.74, 6) is 1.04. The molecule has 12 atom stereocenters. The SMILES string of the molecule is CC(=O)O[C@@H](C1CCC2C(O1)C(=O)C1C3CCC4C(C)(C)[C@@H](OC5CN(Cc6ccccc6)CCO5)CCC45CC35CC[C@]21C)C(C)(C)O.[HH]. The number of Topliss-reactive ketones (excluding diaryl/α,β-unsaturated/α-hetero) is 1. The molecule has 1 aromatic rings. The molecule has 0 aromatic heterocycles. The summed E-state index contributed by atoms with van der Waals surface area (Å²) in [5.41, 5.74) is 0.577. The van der Waals surface area contributed by atoms with Crippen molar-refractivity contribution in [3.8, 4) is 0 Å². The number of carbonyl (C=O) groups excluding carboxylic acids is 2. The average Bonchev–Trinajstić information content (AvgIpc) is 3.66. The first kappa shape index (κ1) is 34.3. The molecule has 2 aliphatic heterocycles. The van der Waals surface area contributed by atoms with Crippen molar-refractivity contribution >= 4 is 11.8 Å². The van der Waals surface area contributed by atoms with Gasteiger partial charge in [-0.1, -0.05) is 51.1 Å². The van der Waals surface area contributed by atoms with E-state index in [1.807, 2.05) is 0 Å². The number of hydrogen-bond donors (Lipinski definition) is 1. The predicted molar refractivity (Wildman–Crippen MR) is 186 cm³/mol. The van der Waals surface area contributed by atoms with E-state index >= 15 is 0 Å². The van der Waals surface area contributed by atoms with Gasteiger partial charge in [0.1, 0.15) is 6.10 Å². The number of rotatable bonds is 7. The number of hydrogen-bond acceptors (Lipinski definition) is 8. The first-order valence-electron chi connectivity index (χ1n) is 19.3. The van der Waals surface area contributed by atoms with Crippen molar-refractivity contribution in [1.82, 2.24) is 4.90 Å². The molecule has 5 saturated carbocycles. The molecule has 2 spiro atoms. The largest absolute Gasteiger partial charge is 0.457 e. The summed E-state index contributed by atoms with van der Waals surface area (Å²) >= 11 is 0. The van der Waals surface area contributed by atoms with Gasteiger partial charge in [0.25, 0.3) is 0 Å². The zero-order valence-corrected chi connectivity index (χ0v) is 30.6. The molecule has 1 aromatic carbocycles. The Hall–Kier alpha value is -1.84. The van der Waals surface area contributed by atoms with Crippen LogP contribution in [0.5, 0.6) is 0 Å². The lowest BCUT2D eigenvalue weighted by Gasteiger charge is -2.59. The second-order valence-electron chi connectivity index (χ2n) is 18.6. The summed E-state index contributed by atoms with van der Waals surface area (Å²) < 4.78 is 25.4. The standard InChI is InChI=1S/C41H59NO7.H2/c1-25(43)47-36(38(4,5)45)29-14-12-28-35(48-29)34(44)33-27-13-15-30-37(2,3)31(16-17-41(30)24-40(27,41)19-18-39(28,33)6)49-32-23-42(20-21-46-32)22-26-10-8-7-9-11-26;/h7-11,27-33,35-36,45H,12-24H2,1-6H3;1H/t27?,28?,29?,30?,31-,32?,33?,35?,36-,39+,40?,41?;/m0./s1. The smallest absolute Gasteiger partial charge is 0.303 e. The number of nitrogens with zero attached hydrogens (tertiary/aromatic N) is 1. The van der Waals surface area contributed by atoms with Crippen LogP contribution in [-0.2, 0) is 35.1 Å². The number of carbonyl (C=O) groups is 2. The minimum absolute atomic E-state index is 0. The summed E-state index contributed by atoms with van der Waals surface area (Å²) in [4.78, 5) is 29.0. The number of fused-ring (bicyclic) bond motifs is 4. The molecule has 8 heteroatoms. The average molecular weight is 680 g/mol. The molecule has 7 aliphatic rings. The van der Waals surface area contributed by atoms with Gasteiger partial charge in [-0.25, -0.2) is 0 Å². The molecule has 49 heavy (non-hydrogen) atoms. The second kappa shape index (κ2) is 11.8. The molecule has 2 saturated heterocycles. The van der Waals surface area contributed by atoms with Crippen molar-refractivity contribution in [2.75, 3.05) is 19.7 Å². The zero-order chi connectivity index (χ0) is 34.6. The summed E-state index contributed by atoms with van der Waals surface area (Å²) in [6, 6.07) is 10.7. The molecule has 1 N–H and O–H groups in total. The number of benzene rings is 1. The maximum absolute atomic E-state index is 14.6. The van der Waals surface area contributed by atoms with Crippen LogP contribution in [0.25, 0.3) is 0 Å². The van der Waals surface area contributed by atoms with Gasteiger partial charge in [0, 0.05) is 33.9 Å². The van der Waals surface area contributed by atoms with Gasteiger partial charge < -0.3 is 24.1 Å². The molecular weight excluding hydrogens is 618 g/mol. The predicted octanol–water partition coefficient (Wildman–Crippen LogP) is 6.56. The van der Waals surface area contributed by atoms with E-state index < -0.39 is 29.9 Å². The summed E-state index contributed by atoms with van der Waals surface area (Å²) in [5, 5.41) is 10.9. The van der Waals surface area contributed by atoms with Crippen molar-refractivity contribution in [2.24, 2.45) is 45.3 Å². The Morgan fingerprint density at radius 3 is 2.53 bits per heavy atom. The first-order valence-corrected chi connectivity index (χ1v) is 19.3. The van der Waals surface area contributed by atoms with Gasteiger partial charge in [-0.05, 0) is 117 Å². The topological polar surface area (TPSA) is 94.5 Å². The maximum Gasteiger partial charge on any atom is 0.303 e. The van der Waals surface area contributed by atoms with Crippen LogP contribution in [-0.4, -0.2) is 77.8 Å². The lowest BCUT2D eigenvalue weighted by molar-refractivity contribution is -0.245. The molecule has 5 aliphatic carbocycles. The lowest BCUT2D eigenvalue weighted by atomic mass is 9.46. The second-order valence-corrected chi connectivity index (χ2v) is 18.6. The molecule has 0 bridgehead atoms. The van der Waals surface area contributed by atoms with E-state index in [1.165, 1.54) is 31.7 Å². The summed E-state index contributed by atoms with van der Waals surface area (Å²) in [6.45, 7) is 15.3. The van der Waals surface area contributed by atoms with Crippen LogP contribution in [0.3, 0.4) is 0 Å².